The van der Waals surface area contributed by atoms with Crippen LogP contribution in [-0.2, 0) is 29.2 Å². The second-order valence-corrected chi connectivity index (χ2v) is 19.4. The van der Waals surface area contributed by atoms with E-state index in [1.54, 1.807) is 23.1 Å². The number of hydrogen-bond acceptors (Lipinski definition) is 7. The smallest absolute Gasteiger partial charge is 0.315 e. The monoisotopic (exact) mass is 768 g/mol. The quantitative estimate of drug-likeness (QED) is 0.156. The van der Waals surface area contributed by atoms with Gasteiger partial charge >= 0.3 is 6.03 Å². The fraction of sp³-hybridized carbons (Fsp3) is 0.675. The third-order valence-electron chi connectivity index (χ3n) is 12.6. The van der Waals surface area contributed by atoms with E-state index in [1.165, 1.54) is 29.6 Å². The number of ketones is 1. The Morgan fingerprint density at radius 2 is 1.54 bits per heavy atom. The van der Waals surface area contributed by atoms with Crippen molar-refractivity contribution in [3.05, 3.63) is 43.0 Å². The average molecular weight is 769 g/mol. The first-order valence-corrected chi connectivity index (χ1v) is 21.0. The Morgan fingerprint density at radius 3 is 2.11 bits per heavy atom. The van der Waals surface area contributed by atoms with Gasteiger partial charge in [0.05, 0.1) is 4.90 Å². The van der Waals surface area contributed by atoms with Crippen LogP contribution in [0.3, 0.4) is 0 Å². The van der Waals surface area contributed by atoms with Crippen LogP contribution in [0.1, 0.15) is 86.0 Å². The molecule has 5 rings (SSSR count). The first-order chi connectivity index (χ1) is 25.4. The topological polar surface area (TPSA) is 174 Å². The van der Waals surface area contributed by atoms with E-state index in [-0.39, 0.29) is 53.0 Å². The number of piperidine rings is 1. The van der Waals surface area contributed by atoms with Crippen molar-refractivity contribution in [2.45, 2.75) is 115 Å². The van der Waals surface area contributed by atoms with E-state index in [0.29, 0.717) is 19.4 Å². The molecule has 1 heterocycles. The first kappa shape index (κ1) is 41.4. The molecule has 1 aromatic rings. The zero-order chi connectivity index (χ0) is 39.6. The van der Waals surface area contributed by atoms with Crippen LogP contribution < -0.4 is 21.3 Å². The summed E-state index contributed by atoms with van der Waals surface area (Å²) >= 11 is 0. The number of benzene rings is 1. The van der Waals surface area contributed by atoms with Crippen LogP contribution in [0, 0.1) is 34.5 Å². The molecule has 3 saturated carbocycles. The minimum absolute atomic E-state index is 0.00643. The molecule has 14 heteroatoms. The van der Waals surface area contributed by atoms with Gasteiger partial charge in [0.1, 0.15) is 18.1 Å². The lowest BCUT2D eigenvalue weighted by atomic mass is 9.77. The molecule has 1 aromatic carbocycles. The van der Waals surface area contributed by atoms with Crippen LogP contribution in [0.5, 0.6) is 0 Å². The van der Waals surface area contributed by atoms with E-state index >= 15 is 0 Å². The highest BCUT2D eigenvalue weighted by Crippen LogP contribution is 2.65. The highest BCUT2D eigenvalue weighted by atomic mass is 32.2. The lowest BCUT2D eigenvalue weighted by Crippen LogP contribution is -2.61. The number of sulfonamides is 1. The second-order valence-electron chi connectivity index (χ2n) is 17.4. The van der Waals surface area contributed by atoms with Crippen molar-refractivity contribution in [2.24, 2.45) is 34.5 Å². The molecule has 1 aliphatic heterocycles. The Kier molecular flexibility index (Phi) is 12.7. The molecular weight excluding hydrogens is 709 g/mol. The summed E-state index contributed by atoms with van der Waals surface area (Å²) in [7, 11) is -2.36. The number of likely N-dealkylation sites (tertiary alicyclic amines) is 1. The maximum absolute atomic E-state index is 14.7. The number of carbonyl (C=O) groups excluding carboxylic acids is 5. The Morgan fingerprint density at radius 1 is 0.926 bits per heavy atom. The van der Waals surface area contributed by atoms with Crippen LogP contribution in [-0.4, -0.2) is 98.0 Å². The van der Waals surface area contributed by atoms with Crippen molar-refractivity contribution >= 4 is 39.6 Å². The summed E-state index contributed by atoms with van der Waals surface area (Å²) in [5, 5.41) is 11.3. The van der Waals surface area contributed by atoms with Gasteiger partial charge in [-0.25, -0.2) is 13.2 Å². The SMILES string of the molecule is C=CCNC(=O)C(=O)C(NC(=O)[C@@H]1[C@@H]2[C@H](CN1C(=O)[C@@H](NC(=O)NC[C@@H](N(C)S(=O)(=O)c1ccccc1)C(C)(C)C)C1CCCCC1)C2(C)C)C1CCC1. The van der Waals surface area contributed by atoms with Gasteiger partial charge in [-0.05, 0) is 72.3 Å². The predicted octanol–water partition coefficient (Wildman–Crippen LogP) is 3.61. The lowest BCUT2D eigenvalue weighted by molar-refractivity contribution is -0.145. The van der Waals surface area contributed by atoms with Crippen molar-refractivity contribution in [1.82, 2.24) is 30.5 Å². The minimum Gasteiger partial charge on any atom is -0.346 e. The number of likely N-dealkylation sites (N-methyl/N-ethyl adjacent to an activating group) is 1. The maximum Gasteiger partial charge on any atom is 0.315 e. The summed E-state index contributed by atoms with van der Waals surface area (Å²) in [6.07, 6.45) is 8.13. The number of Topliss-reactive ketones (excluding diaryl/α,β-unsaturated/α-hetero) is 1. The number of carbonyl (C=O) groups is 5. The molecule has 4 N–H and O–H groups in total. The molecule has 0 radical (unpaired) electrons. The van der Waals surface area contributed by atoms with Gasteiger partial charge in [-0.2, -0.15) is 4.31 Å². The summed E-state index contributed by atoms with van der Waals surface area (Å²) in [6.45, 7) is 13.9. The molecule has 0 bridgehead atoms. The van der Waals surface area contributed by atoms with Gasteiger partial charge in [-0.15, -0.1) is 6.58 Å². The lowest BCUT2D eigenvalue weighted by Gasteiger charge is -2.39. The van der Waals surface area contributed by atoms with E-state index in [0.717, 1.165) is 38.5 Å². The second kappa shape index (κ2) is 16.5. The van der Waals surface area contributed by atoms with Crippen LogP contribution in [0.2, 0.25) is 0 Å². The molecule has 4 aliphatic rings. The van der Waals surface area contributed by atoms with Crippen LogP contribution in [0.25, 0.3) is 0 Å². The molecule has 1 unspecified atom stereocenters. The van der Waals surface area contributed by atoms with Gasteiger partial charge in [0, 0.05) is 32.7 Å². The standard InChI is InChI=1S/C40H60N6O7S/c1-8-22-41-36(49)34(47)31(25-18-15-19-25)43-35(48)33-30-28(40(30,5)6)24-46(33)37(50)32(26-16-11-9-12-17-26)44-38(51)42-23-29(39(2,3)4)45(7)54(52,53)27-20-13-10-14-21-27/h8,10,13-14,20-21,25-26,28-33H,1,9,11-12,15-19,22-24H2,2-7H3,(H,41,49)(H,43,48)(H2,42,44,51)/t28-,29+,30-,31?,32-,33-/m0/s1. The van der Waals surface area contributed by atoms with E-state index in [1.807, 2.05) is 20.8 Å². The minimum atomic E-state index is -3.87. The van der Waals surface area contributed by atoms with Gasteiger partial charge < -0.3 is 26.2 Å². The van der Waals surface area contributed by atoms with E-state index in [4.69, 9.17) is 0 Å². The predicted molar refractivity (Wildman–Crippen MR) is 205 cm³/mol. The van der Waals surface area contributed by atoms with Gasteiger partial charge in [-0.1, -0.05) is 84.6 Å². The van der Waals surface area contributed by atoms with Crippen molar-refractivity contribution in [2.75, 3.05) is 26.7 Å². The summed E-state index contributed by atoms with van der Waals surface area (Å²) in [6, 6.07) is 4.17. The van der Waals surface area contributed by atoms with Crippen molar-refractivity contribution in [3.8, 4) is 0 Å². The number of amides is 5. The number of nitrogens with one attached hydrogen (secondary N) is 4. The highest BCUT2D eigenvalue weighted by Gasteiger charge is 2.70. The zero-order valence-corrected chi connectivity index (χ0v) is 33.5. The normalized spacial score (nSPS) is 24.3. The maximum atomic E-state index is 14.7. The van der Waals surface area contributed by atoms with Gasteiger partial charge in [0.25, 0.3) is 5.91 Å². The molecule has 0 spiro atoms. The summed E-state index contributed by atoms with van der Waals surface area (Å²) in [5.74, 6) is -2.65. The van der Waals surface area contributed by atoms with Gasteiger partial charge in [-0.3, -0.25) is 19.2 Å². The Labute approximate surface area is 320 Å². The molecule has 3 aliphatic carbocycles. The molecule has 4 fully saturated rings. The third kappa shape index (κ3) is 8.69. The Balaban J connectivity index is 1.34. The zero-order valence-electron chi connectivity index (χ0n) is 32.7. The van der Waals surface area contributed by atoms with E-state index in [2.05, 4.69) is 41.7 Å². The van der Waals surface area contributed by atoms with Gasteiger partial charge in [0.2, 0.25) is 27.6 Å². The van der Waals surface area contributed by atoms with Crippen molar-refractivity contribution < 1.29 is 32.4 Å². The van der Waals surface area contributed by atoms with Gasteiger partial charge in [0.15, 0.2) is 0 Å². The summed E-state index contributed by atoms with van der Waals surface area (Å²) in [5.41, 5.74) is -0.757. The molecular formula is C40H60N6O7S. The molecule has 13 nitrogen and oxygen atoms in total. The fourth-order valence-electron chi connectivity index (χ4n) is 8.93. The largest absolute Gasteiger partial charge is 0.346 e. The third-order valence-corrected chi connectivity index (χ3v) is 14.5. The molecule has 1 saturated heterocycles. The molecule has 54 heavy (non-hydrogen) atoms. The van der Waals surface area contributed by atoms with Crippen LogP contribution in [0.4, 0.5) is 4.79 Å². The molecule has 298 valence electrons. The van der Waals surface area contributed by atoms with E-state index < -0.39 is 63.2 Å². The van der Waals surface area contributed by atoms with Crippen LogP contribution >= 0.6 is 0 Å². The fourth-order valence-corrected chi connectivity index (χ4v) is 10.5. The number of nitrogens with zero attached hydrogens (tertiary/aromatic N) is 2. The van der Waals surface area contributed by atoms with Crippen LogP contribution in [0.15, 0.2) is 47.9 Å². The first-order valence-electron chi connectivity index (χ1n) is 19.5. The van der Waals surface area contributed by atoms with E-state index in [9.17, 15) is 32.4 Å². The molecule has 6 atom stereocenters. The van der Waals surface area contributed by atoms with Crippen molar-refractivity contribution in [1.29, 1.82) is 0 Å². The number of rotatable bonds is 15. The Bertz CT molecular complexity index is 1680. The van der Waals surface area contributed by atoms with Crippen molar-refractivity contribution in [3.63, 3.8) is 0 Å². The molecule has 5 amide bonds. The Hall–Kier alpha value is -3.78. The highest BCUT2D eigenvalue weighted by molar-refractivity contribution is 7.89. The number of urea groups is 1. The number of fused-ring (bicyclic) bond motifs is 1. The number of hydrogen-bond donors (Lipinski definition) is 4. The molecule has 0 aromatic heterocycles. The average Bonchev–Trinajstić information content (AvgIpc) is 3.41. The summed E-state index contributed by atoms with van der Waals surface area (Å²) in [4.78, 5) is 70.4. The summed E-state index contributed by atoms with van der Waals surface area (Å²) < 4.78 is 28.4.